The van der Waals surface area contributed by atoms with Gasteiger partial charge < -0.3 is 5.32 Å². The maximum absolute atomic E-state index is 4.54. The molecule has 0 bridgehead atoms. The SMILES string of the molecule is CCCNCc1ccn(Cc2cc(C)nn2C)n1. The molecular weight excluding hydrogens is 226 g/mol. The molecule has 5 nitrogen and oxygen atoms in total. The molecule has 0 atom stereocenters. The first-order valence-electron chi connectivity index (χ1n) is 6.41. The van der Waals surface area contributed by atoms with E-state index in [1.54, 1.807) is 0 Å². The van der Waals surface area contributed by atoms with Gasteiger partial charge >= 0.3 is 0 Å². The Bertz CT molecular complexity index is 497. The molecule has 0 amide bonds. The largest absolute Gasteiger partial charge is 0.311 e. The third-order valence-corrected chi connectivity index (χ3v) is 2.85. The van der Waals surface area contributed by atoms with Crippen LogP contribution in [-0.2, 0) is 20.1 Å². The van der Waals surface area contributed by atoms with E-state index in [0.717, 1.165) is 37.4 Å². The Morgan fingerprint density at radius 1 is 1.33 bits per heavy atom. The highest BCUT2D eigenvalue weighted by Crippen LogP contribution is 2.05. The highest BCUT2D eigenvalue weighted by molar-refractivity contribution is 5.09. The van der Waals surface area contributed by atoms with E-state index in [-0.39, 0.29) is 0 Å². The Kier molecular flexibility index (Phi) is 4.15. The van der Waals surface area contributed by atoms with Gasteiger partial charge in [0.25, 0.3) is 0 Å². The zero-order valence-corrected chi connectivity index (χ0v) is 11.3. The van der Waals surface area contributed by atoms with E-state index in [1.807, 2.05) is 29.5 Å². The van der Waals surface area contributed by atoms with E-state index >= 15 is 0 Å². The summed E-state index contributed by atoms with van der Waals surface area (Å²) in [7, 11) is 1.97. The Balaban J connectivity index is 1.96. The number of hydrogen-bond acceptors (Lipinski definition) is 3. The molecule has 0 spiro atoms. The monoisotopic (exact) mass is 247 g/mol. The fraction of sp³-hybridized carbons (Fsp3) is 0.538. The highest BCUT2D eigenvalue weighted by atomic mass is 15.3. The minimum absolute atomic E-state index is 0.769. The summed E-state index contributed by atoms with van der Waals surface area (Å²) in [6, 6.07) is 4.16. The molecule has 2 aromatic rings. The molecule has 2 heterocycles. The van der Waals surface area contributed by atoms with Crippen LogP contribution in [0.25, 0.3) is 0 Å². The van der Waals surface area contributed by atoms with Gasteiger partial charge in [0, 0.05) is 19.8 Å². The van der Waals surface area contributed by atoms with Gasteiger partial charge in [0.05, 0.1) is 23.6 Å². The van der Waals surface area contributed by atoms with Crippen LogP contribution in [0.1, 0.15) is 30.4 Å². The first kappa shape index (κ1) is 12.8. The molecule has 0 aliphatic carbocycles. The molecule has 2 rings (SSSR count). The fourth-order valence-electron chi connectivity index (χ4n) is 1.96. The second-order valence-corrected chi connectivity index (χ2v) is 4.58. The Morgan fingerprint density at radius 2 is 2.17 bits per heavy atom. The minimum atomic E-state index is 0.769. The molecule has 0 aliphatic rings. The predicted molar refractivity (Wildman–Crippen MR) is 71.3 cm³/mol. The van der Waals surface area contributed by atoms with Crippen molar-refractivity contribution in [1.29, 1.82) is 0 Å². The van der Waals surface area contributed by atoms with Crippen molar-refractivity contribution >= 4 is 0 Å². The lowest BCUT2D eigenvalue weighted by Crippen LogP contribution is -2.14. The molecule has 2 aromatic heterocycles. The lowest BCUT2D eigenvalue weighted by molar-refractivity contribution is 0.598. The van der Waals surface area contributed by atoms with Crippen LogP contribution >= 0.6 is 0 Å². The highest BCUT2D eigenvalue weighted by Gasteiger charge is 2.04. The van der Waals surface area contributed by atoms with Gasteiger partial charge in [-0.25, -0.2) is 0 Å². The number of hydrogen-bond donors (Lipinski definition) is 1. The van der Waals surface area contributed by atoms with Crippen molar-refractivity contribution in [2.75, 3.05) is 6.54 Å². The number of aryl methyl sites for hydroxylation is 2. The Labute approximate surface area is 108 Å². The zero-order valence-electron chi connectivity index (χ0n) is 11.3. The summed E-state index contributed by atoms with van der Waals surface area (Å²) in [6.45, 7) is 6.81. The standard InChI is InChI=1S/C13H21N5/c1-4-6-14-9-12-5-7-18(16-12)10-13-8-11(2)15-17(13)3/h5,7-8,14H,4,6,9-10H2,1-3H3. The summed E-state index contributed by atoms with van der Waals surface area (Å²) >= 11 is 0. The maximum Gasteiger partial charge on any atom is 0.0828 e. The molecule has 0 unspecified atom stereocenters. The molecule has 0 saturated carbocycles. The van der Waals surface area contributed by atoms with Crippen molar-refractivity contribution in [3.05, 3.63) is 35.4 Å². The maximum atomic E-state index is 4.54. The minimum Gasteiger partial charge on any atom is -0.311 e. The molecule has 0 radical (unpaired) electrons. The number of rotatable bonds is 6. The van der Waals surface area contributed by atoms with Crippen LogP contribution in [0.5, 0.6) is 0 Å². The summed E-state index contributed by atoms with van der Waals surface area (Å²) in [5, 5.41) is 12.2. The van der Waals surface area contributed by atoms with Crippen molar-refractivity contribution in [3.8, 4) is 0 Å². The van der Waals surface area contributed by atoms with Crippen LogP contribution < -0.4 is 5.32 Å². The van der Waals surface area contributed by atoms with Crippen LogP contribution in [0, 0.1) is 6.92 Å². The average Bonchev–Trinajstić information content (AvgIpc) is 2.88. The van der Waals surface area contributed by atoms with Gasteiger partial charge in [-0.1, -0.05) is 6.92 Å². The van der Waals surface area contributed by atoms with Gasteiger partial charge in [-0.3, -0.25) is 9.36 Å². The predicted octanol–water partition coefficient (Wildman–Crippen LogP) is 1.47. The number of nitrogens with zero attached hydrogens (tertiary/aromatic N) is 4. The smallest absolute Gasteiger partial charge is 0.0828 e. The van der Waals surface area contributed by atoms with E-state index in [4.69, 9.17) is 0 Å². The van der Waals surface area contributed by atoms with Crippen LogP contribution in [0.2, 0.25) is 0 Å². The van der Waals surface area contributed by atoms with Crippen molar-refractivity contribution in [2.24, 2.45) is 7.05 Å². The van der Waals surface area contributed by atoms with E-state index in [9.17, 15) is 0 Å². The molecule has 0 fully saturated rings. The number of nitrogens with one attached hydrogen (secondary N) is 1. The lowest BCUT2D eigenvalue weighted by atomic mass is 10.4. The van der Waals surface area contributed by atoms with Gasteiger partial charge in [0.15, 0.2) is 0 Å². The second-order valence-electron chi connectivity index (χ2n) is 4.58. The van der Waals surface area contributed by atoms with Gasteiger partial charge in [-0.15, -0.1) is 0 Å². The second kappa shape index (κ2) is 5.82. The Hall–Kier alpha value is -1.62. The normalized spacial score (nSPS) is 11.1. The van der Waals surface area contributed by atoms with E-state index in [0.29, 0.717) is 0 Å². The Morgan fingerprint density at radius 3 is 2.83 bits per heavy atom. The first-order chi connectivity index (χ1) is 8.69. The van der Waals surface area contributed by atoms with Crippen molar-refractivity contribution < 1.29 is 0 Å². The summed E-state index contributed by atoms with van der Waals surface area (Å²) in [4.78, 5) is 0. The molecule has 0 aromatic carbocycles. The molecule has 5 heteroatoms. The molecule has 18 heavy (non-hydrogen) atoms. The van der Waals surface area contributed by atoms with Gasteiger partial charge in [0.2, 0.25) is 0 Å². The summed E-state index contributed by atoms with van der Waals surface area (Å²) < 4.78 is 3.87. The molecule has 0 aliphatic heterocycles. The number of aromatic nitrogens is 4. The topological polar surface area (TPSA) is 47.7 Å². The molecular formula is C13H21N5. The van der Waals surface area contributed by atoms with E-state index < -0.39 is 0 Å². The van der Waals surface area contributed by atoms with Crippen LogP contribution in [0.3, 0.4) is 0 Å². The van der Waals surface area contributed by atoms with Crippen LogP contribution in [0.4, 0.5) is 0 Å². The summed E-state index contributed by atoms with van der Waals surface area (Å²) in [5.41, 5.74) is 3.30. The van der Waals surface area contributed by atoms with Gasteiger partial charge in [0.1, 0.15) is 0 Å². The fourth-order valence-corrected chi connectivity index (χ4v) is 1.96. The molecule has 98 valence electrons. The van der Waals surface area contributed by atoms with Crippen LogP contribution in [0.15, 0.2) is 18.3 Å². The third kappa shape index (κ3) is 3.20. The van der Waals surface area contributed by atoms with Gasteiger partial charge in [-0.2, -0.15) is 10.2 Å². The van der Waals surface area contributed by atoms with Crippen molar-refractivity contribution in [1.82, 2.24) is 24.9 Å². The third-order valence-electron chi connectivity index (χ3n) is 2.85. The van der Waals surface area contributed by atoms with Crippen LogP contribution in [-0.4, -0.2) is 26.1 Å². The van der Waals surface area contributed by atoms with E-state index in [2.05, 4.69) is 34.6 Å². The summed E-state index contributed by atoms with van der Waals surface area (Å²) in [6.07, 6.45) is 3.17. The van der Waals surface area contributed by atoms with E-state index in [1.165, 1.54) is 5.69 Å². The van der Waals surface area contributed by atoms with Crippen molar-refractivity contribution in [2.45, 2.75) is 33.4 Å². The quantitative estimate of drug-likeness (QED) is 0.786. The first-order valence-corrected chi connectivity index (χ1v) is 6.41. The average molecular weight is 247 g/mol. The lowest BCUT2D eigenvalue weighted by Gasteiger charge is -2.02. The summed E-state index contributed by atoms with van der Waals surface area (Å²) in [5.74, 6) is 0. The molecule has 0 saturated heterocycles. The van der Waals surface area contributed by atoms with Gasteiger partial charge in [-0.05, 0) is 32.0 Å². The van der Waals surface area contributed by atoms with Crippen molar-refractivity contribution in [3.63, 3.8) is 0 Å². The zero-order chi connectivity index (χ0) is 13.0. The molecule has 1 N–H and O–H groups in total.